The van der Waals surface area contributed by atoms with Crippen LogP contribution in [0.2, 0.25) is 0 Å². The van der Waals surface area contributed by atoms with Crippen molar-refractivity contribution in [2.24, 2.45) is 0 Å². The molecule has 0 atom stereocenters. The second kappa shape index (κ2) is 9.47. The molecular formula is C22H23N5O6. The van der Waals surface area contributed by atoms with E-state index in [4.69, 9.17) is 18.9 Å². The summed E-state index contributed by atoms with van der Waals surface area (Å²) in [6.07, 6.45) is 0. The summed E-state index contributed by atoms with van der Waals surface area (Å²) in [6.45, 7) is 2.48. The van der Waals surface area contributed by atoms with E-state index in [9.17, 15) is 9.59 Å². The van der Waals surface area contributed by atoms with Gasteiger partial charge in [-0.25, -0.2) is 4.68 Å². The van der Waals surface area contributed by atoms with Gasteiger partial charge in [0, 0.05) is 17.8 Å². The van der Waals surface area contributed by atoms with Crippen molar-refractivity contribution < 1.29 is 28.5 Å². The van der Waals surface area contributed by atoms with Crippen LogP contribution in [0.1, 0.15) is 16.2 Å². The Morgan fingerprint density at radius 3 is 2.58 bits per heavy atom. The van der Waals surface area contributed by atoms with Gasteiger partial charge >= 0.3 is 0 Å². The highest BCUT2D eigenvalue weighted by molar-refractivity contribution is 6.04. The fourth-order valence-electron chi connectivity index (χ4n) is 3.27. The van der Waals surface area contributed by atoms with Gasteiger partial charge < -0.3 is 29.6 Å². The molecule has 0 unspecified atom stereocenters. The average molecular weight is 453 g/mol. The van der Waals surface area contributed by atoms with E-state index < -0.39 is 5.91 Å². The summed E-state index contributed by atoms with van der Waals surface area (Å²) in [5, 5.41) is 13.4. The molecule has 2 amide bonds. The van der Waals surface area contributed by atoms with Crippen LogP contribution in [0.3, 0.4) is 0 Å². The Balaban J connectivity index is 1.43. The number of carbonyl (C=O) groups is 2. The summed E-state index contributed by atoms with van der Waals surface area (Å²) in [7, 11) is 3.03. The number of amides is 2. The van der Waals surface area contributed by atoms with Crippen LogP contribution in [0.15, 0.2) is 36.4 Å². The van der Waals surface area contributed by atoms with Gasteiger partial charge in [-0.3, -0.25) is 9.59 Å². The summed E-state index contributed by atoms with van der Waals surface area (Å²) in [4.78, 5) is 25.3. The molecule has 33 heavy (non-hydrogen) atoms. The standard InChI is InChI=1S/C22H23N5O6/c1-13-21(22(29)24-16-11-15(30-2)5-7-17(16)31-3)25-26-27(13)12-20(28)23-14-4-6-18-19(10-14)33-9-8-32-18/h4-7,10-11H,8-9,12H2,1-3H3,(H,23,28)(H,24,29). The second-order valence-corrected chi connectivity index (χ2v) is 7.11. The summed E-state index contributed by atoms with van der Waals surface area (Å²) >= 11 is 0. The summed E-state index contributed by atoms with van der Waals surface area (Å²) in [5.41, 5.74) is 1.51. The van der Waals surface area contributed by atoms with E-state index in [1.54, 1.807) is 43.3 Å². The topological polar surface area (TPSA) is 126 Å². The Hall–Kier alpha value is -4.28. The second-order valence-electron chi connectivity index (χ2n) is 7.11. The van der Waals surface area contributed by atoms with Gasteiger partial charge in [-0.05, 0) is 31.2 Å². The molecule has 1 aromatic heterocycles. The van der Waals surface area contributed by atoms with Crippen LogP contribution < -0.4 is 29.6 Å². The van der Waals surface area contributed by atoms with Crippen molar-refractivity contribution in [3.05, 3.63) is 47.8 Å². The van der Waals surface area contributed by atoms with Gasteiger partial charge in [0.2, 0.25) is 5.91 Å². The lowest BCUT2D eigenvalue weighted by Gasteiger charge is -2.19. The molecule has 1 aliphatic heterocycles. The first kappa shape index (κ1) is 21.9. The molecule has 0 saturated carbocycles. The smallest absolute Gasteiger partial charge is 0.278 e. The Labute approximate surface area is 189 Å². The number of aromatic nitrogens is 3. The predicted molar refractivity (Wildman–Crippen MR) is 118 cm³/mol. The van der Waals surface area contributed by atoms with Crippen LogP contribution in [0.5, 0.6) is 23.0 Å². The number of fused-ring (bicyclic) bond motifs is 1. The number of rotatable bonds is 7. The number of nitrogens with zero attached hydrogens (tertiary/aromatic N) is 3. The molecular weight excluding hydrogens is 430 g/mol. The van der Waals surface area contributed by atoms with Gasteiger partial charge in [0.25, 0.3) is 5.91 Å². The van der Waals surface area contributed by atoms with Crippen molar-refractivity contribution in [2.75, 3.05) is 38.1 Å². The number of methoxy groups -OCH3 is 2. The number of nitrogens with one attached hydrogen (secondary N) is 2. The molecule has 2 N–H and O–H groups in total. The van der Waals surface area contributed by atoms with Crippen LogP contribution in [0.25, 0.3) is 0 Å². The van der Waals surface area contributed by atoms with E-state index in [1.165, 1.54) is 18.9 Å². The SMILES string of the molecule is COc1ccc(OC)c(NC(=O)c2nnn(CC(=O)Nc3ccc4c(c3)OCCO4)c2C)c1. The van der Waals surface area contributed by atoms with E-state index >= 15 is 0 Å². The first-order chi connectivity index (χ1) is 16.0. The monoisotopic (exact) mass is 453 g/mol. The Kier molecular flexibility index (Phi) is 6.29. The van der Waals surface area contributed by atoms with Crippen molar-refractivity contribution in [1.82, 2.24) is 15.0 Å². The van der Waals surface area contributed by atoms with E-state index in [0.29, 0.717) is 53.3 Å². The van der Waals surface area contributed by atoms with Crippen LogP contribution >= 0.6 is 0 Å². The third kappa shape index (κ3) is 4.81. The van der Waals surface area contributed by atoms with Crippen LogP contribution in [-0.2, 0) is 11.3 Å². The summed E-state index contributed by atoms with van der Waals surface area (Å²) < 4.78 is 22.8. The first-order valence-electron chi connectivity index (χ1n) is 10.1. The number of hydrogen-bond acceptors (Lipinski definition) is 8. The zero-order valence-corrected chi connectivity index (χ0v) is 18.4. The normalized spacial score (nSPS) is 12.1. The zero-order valence-electron chi connectivity index (χ0n) is 18.4. The summed E-state index contributed by atoms with van der Waals surface area (Å²) in [6, 6.07) is 10.2. The Morgan fingerprint density at radius 1 is 1.03 bits per heavy atom. The van der Waals surface area contributed by atoms with Crippen molar-refractivity contribution in [3.63, 3.8) is 0 Å². The molecule has 11 nitrogen and oxygen atoms in total. The molecule has 0 radical (unpaired) electrons. The molecule has 0 saturated heterocycles. The predicted octanol–water partition coefficient (Wildman–Crippen LogP) is 2.27. The van der Waals surface area contributed by atoms with Crippen molar-refractivity contribution in [1.29, 1.82) is 0 Å². The van der Waals surface area contributed by atoms with Crippen LogP contribution in [-0.4, -0.2) is 54.2 Å². The minimum atomic E-state index is -0.488. The lowest BCUT2D eigenvalue weighted by Crippen LogP contribution is -2.21. The van der Waals surface area contributed by atoms with E-state index in [0.717, 1.165) is 0 Å². The third-order valence-electron chi connectivity index (χ3n) is 4.97. The number of carbonyl (C=O) groups excluding carboxylic acids is 2. The molecule has 2 aromatic carbocycles. The molecule has 11 heteroatoms. The van der Waals surface area contributed by atoms with Crippen molar-refractivity contribution >= 4 is 23.2 Å². The van der Waals surface area contributed by atoms with E-state index in [-0.39, 0.29) is 18.1 Å². The van der Waals surface area contributed by atoms with Gasteiger partial charge in [-0.2, -0.15) is 0 Å². The number of ether oxygens (including phenoxy) is 4. The first-order valence-corrected chi connectivity index (χ1v) is 10.1. The molecule has 2 heterocycles. The van der Waals surface area contributed by atoms with Gasteiger partial charge in [0.05, 0.1) is 25.6 Å². The molecule has 1 aliphatic rings. The highest BCUT2D eigenvalue weighted by Crippen LogP contribution is 2.32. The minimum absolute atomic E-state index is 0.0898. The molecule has 0 aliphatic carbocycles. The van der Waals surface area contributed by atoms with Crippen molar-refractivity contribution in [2.45, 2.75) is 13.5 Å². The van der Waals surface area contributed by atoms with Gasteiger partial charge in [-0.1, -0.05) is 5.21 Å². The highest BCUT2D eigenvalue weighted by atomic mass is 16.6. The lowest BCUT2D eigenvalue weighted by atomic mass is 10.2. The quantitative estimate of drug-likeness (QED) is 0.558. The molecule has 0 bridgehead atoms. The van der Waals surface area contributed by atoms with Gasteiger partial charge in [0.1, 0.15) is 31.3 Å². The van der Waals surface area contributed by atoms with E-state index in [2.05, 4.69) is 20.9 Å². The molecule has 4 rings (SSSR count). The number of anilines is 2. The minimum Gasteiger partial charge on any atom is -0.497 e. The van der Waals surface area contributed by atoms with Gasteiger partial charge in [-0.15, -0.1) is 5.10 Å². The molecule has 3 aromatic rings. The zero-order chi connectivity index (χ0) is 23.4. The largest absolute Gasteiger partial charge is 0.497 e. The summed E-state index contributed by atoms with van der Waals surface area (Å²) in [5.74, 6) is 1.41. The number of benzene rings is 2. The lowest BCUT2D eigenvalue weighted by molar-refractivity contribution is -0.117. The fraction of sp³-hybridized carbons (Fsp3) is 0.273. The van der Waals surface area contributed by atoms with Crippen LogP contribution in [0, 0.1) is 6.92 Å². The molecule has 172 valence electrons. The maximum atomic E-state index is 12.8. The van der Waals surface area contributed by atoms with Crippen molar-refractivity contribution in [3.8, 4) is 23.0 Å². The number of hydrogen-bond donors (Lipinski definition) is 2. The van der Waals surface area contributed by atoms with E-state index in [1.807, 2.05) is 0 Å². The highest BCUT2D eigenvalue weighted by Gasteiger charge is 2.20. The average Bonchev–Trinajstić information content (AvgIpc) is 3.18. The Bertz CT molecular complexity index is 1190. The molecule has 0 fully saturated rings. The maximum Gasteiger partial charge on any atom is 0.278 e. The molecule has 0 spiro atoms. The third-order valence-corrected chi connectivity index (χ3v) is 4.97. The van der Waals surface area contributed by atoms with Gasteiger partial charge in [0.15, 0.2) is 17.2 Å². The maximum absolute atomic E-state index is 12.8. The Morgan fingerprint density at radius 2 is 1.82 bits per heavy atom. The fourth-order valence-corrected chi connectivity index (χ4v) is 3.27. The van der Waals surface area contributed by atoms with Crippen LogP contribution in [0.4, 0.5) is 11.4 Å².